The highest BCUT2D eigenvalue weighted by molar-refractivity contribution is 6.02. The molecule has 0 unspecified atom stereocenters. The first kappa shape index (κ1) is 25.8. The Morgan fingerprint density at radius 3 is 2.57 bits per heavy atom. The number of carbonyl (C=O) groups is 1. The van der Waals surface area contributed by atoms with E-state index in [0.29, 0.717) is 11.3 Å². The van der Waals surface area contributed by atoms with Crippen molar-refractivity contribution in [3.63, 3.8) is 0 Å². The minimum atomic E-state index is -0.282. The number of nitrogens with zero attached hydrogens (tertiary/aromatic N) is 5. The number of likely N-dealkylation sites (tertiary alicyclic amines) is 1. The molecular weight excluding hydrogens is 531 g/mol. The van der Waals surface area contributed by atoms with Crippen molar-refractivity contribution in [2.24, 2.45) is 5.92 Å². The second-order valence-electron chi connectivity index (χ2n) is 10.9. The number of aromatic amines is 1. The number of piperidine rings is 1. The highest BCUT2D eigenvalue weighted by Gasteiger charge is 2.24. The first-order chi connectivity index (χ1) is 20.4. The van der Waals surface area contributed by atoms with E-state index >= 15 is 0 Å². The van der Waals surface area contributed by atoms with Gasteiger partial charge in [0.15, 0.2) is 5.65 Å². The number of fused-ring (bicyclic) bond motifs is 2. The normalized spacial score (nSPS) is 14.5. The third-order valence-electron chi connectivity index (χ3n) is 8.13. The molecule has 210 valence electrons. The predicted molar refractivity (Wildman–Crippen MR) is 162 cm³/mol. The van der Waals surface area contributed by atoms with Crippen LogP contribution >= 0.6 is 0 Å². The van der Waals surface area contributed by atoms with Crippen molar-refractivity contribution in [2.45, 2.75) is 12.8 Å². The Bertz CT molecular complexity index is 1940. The van der Waals surface area contributed by atoms with E-state index < -0.39 is 0 Å². The van der Waals surface area contributed by atoms with Crippen molar-refractivity contribution in [2.75, 3.05) is 31.3 Å². The molecule has 1 saturated heterocycles. The third kappa shape index (κ3) is 4.65. The fourth-order valence-electron chi connectivity index (χ4n) is 5.76. The summed E-state index contributed by atoms with van der Waals surface area (Å²) in [5.74, 6) is 6.36. The number of halogens is 1. The molecule has 10 heteroatoms. The van der Waals surface area contributed by atoms with Gasteiger partial charge in [0.25, 0.3) is 0 Å². The number of nitrogen functional groups attached to an aromatic ring is 1. The van der Waals surface area contributed by atoms with Crippen LogP contribution in [-0.4, -0.2) is 55.8 Å². The Morgan fingerprint density at radius 1 is 0.976 bits per heavy atom. The van der Waals surface area contributed by atoms with Crippen LogP contribution in [0.3, 0.4) is 0 Å². The number of hydrogen-bond acceptors (Lipinski definition) is 6. The van der Waals surface area contributed by atoms with Crippen LogP contribution in [0.25, 0.3) is 55.6 Å². The molecule has 0 bridgehead atoms. The summed E-state index contributed by atoms with van der Waals surface area (Å²) in [6, 6.07) is 18.2. The average molecular weight is 561 g/mol. The molecule has 6 aromatic rings. The Labute approximate surface area is 241 Å². The molecule has 7 rings (SSSR count). The lowest BCUT2D eigenvalue weighted by molar-refractivity contribution is -0.121. The number of hydrogen-bond donors (Lipinski definition) is 3. The van der Waals surface area contributed by atoms with Crippen LogP contribution in [0.1, 0.15) is 12.8 Å². The molecule has 42 heavy (non-hydrogen) atoms. The van der Waals surface area contributed by atoms with Gasteiger partial charge in [0, 0.05) is 40.2 Å². The molecule has 5 heterocycles. The van der Waals surface area contributed by atoms with Gasteiger partial charge in [-0.15, -0.1) is 0 Å². The number of amides is 1. The van der Waals surface area contributed by atoms with Gasteiger partial charge >= 0.3 is 0 Å². The second kappa shape index (κ2) is 10.4. The van der Waals surface area contributed by atoms with E-state index in [-0.39, 0.29) is 17.6 Å². The van der Waals surface area contributed by atoms with Crippen LogP contribution in [-0.2, 0) is 4.79 Å². The molecule has 1 fully saturated rings. The molecule has 0 saturated carbocycles. The minimum absolute atomic E-state index is 0.00273. The third-order valence-corrected chi connectivity index (χ3v) is 8.13. The zero-order chi connectivity index (χ0) is 28.8. The van der Waals surface area contributed by atoms with Gasteiger partial charge in [0.2, 0.25) is 5.91 Å². The first-order valence-corrected chi connectivity index (χ1v) is 13.9. The summed E-state index contributed by atoms with van der Waals surface area (Å²) in [5.41, 5.74) is 7.00. The minimum Gasteiger partial charge on any atom is -0.339 e. The lowest BCUT2D eigenvalue weighted by Crippen LogP contribution is -2.35. The molecule has 0 aliphatic carbocycles. The quantitative estimate of drug-likeness (QED) is 0.242. The van der Waals surface area contributed by atoms with Crippen LogP contribution < -0.4 is 11.2 Å². The smallest absolute Gasteiger partial charge is 0.227 e. The first-order valence-electron chi connectivity index (χ1n) is 13.9. The molecular formula is C32H29FN8O. The highest BCUT2D eigenvalue weighted by atomic mass is 19.1. The predicted octanol–water partition coefficient (Wildman–Crippen LogP) is 5.44. The molecule has 0 radical (unpaired) electrons. The Morgan fingerprint density at radius 2 is 1.76 bits per heavy atom. The number of H-pyrrole nitrogens is 1. The zero-order valence-electron chi connectivity index (χ0n) is 23.0. The summed E-state index contributed by atoms with van der Waals surface area (Å²) < 4.78 is 15.2. The number of nitrogens with one attached hydrogen (secondary N) is 2. The largest absolute Gasteiger partial charge is 0.339 e. The van der Waals surface area contributed by atoms with E-state index in [2.05, 4.69) is 37.4 Å². The molecule has 0 atom stereocenters. The molecule has 1 amide bonds. The van der Waals surface area contributed by atoms with Crippen molar-refractivity contribution in [1.82, 2.24) is 29.7 Å². The Hall–Kier alpha value is -5.09. The van der Waals surface area contributed by atoms with Crippen LogP contribution in [0.5, 0.6) is 0 Å². The highest BCUT2D eigenvalue weighted by Crippen LogP contribution is 2.36. The van der Waals surface area contributed by atoms with Gasteiger partial charge in [-0.25, -0.2) is 9.37 Å². The van der Waals surface area contributed by atoms with E-state index in [1.165, 1.54) is 12.1 Å². The van der Waals surface area contributed by atoms with Crippen LogP contribution in [0, 0.1) is 11.7 Å². The number of aromatic nitrogens is 5. The van der Waals surface area contributed by atoms with Crippen molar-refractivity contribution < 1.29 is 9.18 Å². The van der Waals surface area contributed by atoms with Gasteiger partial charge < -0.3 is 16.1 Å². The molecule has 1 aliphatic rings. The van der Waals surface area contributed by atoms with E-state index in [1.807, 2.05) is 36.4 Å². The van der Waals surface area contributed by atoms with E-state index in [1.54, 1.807) is 35.4 Å². The summed E-state index contributed by atoms with van der Waals surface area (Å²) in [6.45, 7) is 1.84. The number of carbonyl (C=O) groups excluding carboxylic acids is 1. The van der Waals surface area contributed by atoms with Crippen LogP contribution in [0.15, 0.2) is 79.3 Å². The van der Waals surface area contributed by atoms with E-state index in [9.17, 15) is 9.18 Å². The van der Waals surface area contributed by atoms with Crippen LogP contribution in [0.4, 0.5) is 10.1 Å². The van der Waals surface area contributed by atoms with Gasteiger partial charge in [-0.1, -0.05) is 24.3 Å². The Balaban J connectivity index is 1.23. The standard InChI is InChI=1S/C32H29FN8O/c1-40-11-9-20(10-12-40)32(42)37-24-13-21(16-35-18-24)22-14-27-30(38-39-31(27)36-17-22)29-15-26-25(3-2-4-28(26)41(29)34)19-5-7-23(33)8-6-19/h2-8,13-18,20H,9-12,34H2,1H3,(H,37,42)(H,36,38,39). The second-order valence-corrected chi connectivity index (χ2v) is 10.9. The van der Waals surface area contributed by atoms with Gasteiger partial charge in [-0.05, 0) is 80.5 Å². The summed E-state index contributed by atoms with van der Waals surface area (Å²) in [5, 5.41) is 12.3. The summed E-state index contributed by atoms with van der Waals surface area (Å²) >= 11 is 0. The molecule has 1 aliphatic heterocycles. The number of benzene rings is 2. The topological polar surface area (TPSA) is 118 Å². The number of pyridine rings is 2. The molecule has 9 nitrogen and oxygen atoms in total. The van der Waals surface area contributed by atoms with E-state index in [4.69, 9.17) is 5.84 Å². The maximum absolute atomic E-state index is 13.6. The van der Waals surface area contributed by atoms with Crippen molar-refractivity contribution in [1.29, 1.82) is 0 Å². The number of rotatable bonds is 5. The lowest BCUT2D eigenvalue weighted by Gasteiger charge is -2.28. The SMILES string of the molecule is CN1CCC(C(=O)Nc2cncc(-c3cnc4n[nH]c(-c5cc6c(-c7ccc(F)cc7)cccc6n5N)c4c3)c2)CC1. The maximum Gasteiger partial charge on any atom is 0.227 e. The molecule has 4 aromatic heterocycles. The molecule has 2 aromatic carbocycles. The number of anilines is 1. The fraction of sp³-hybridized carbons (Fsp3) is 0.188. The summed E-state index contributed by atoms with van der Waals surface area (Å²) in [4.78, 5) is 24.1. The molecule has 4 N–H and O–H groups in total. The Kier molecular flexibility index (Phi) is 6.39. The van der Waals surface area contributed by atoms with E-state index in [0.717, 1.165) is 75.9 Å². The average Bonchev–Trinajstić information content (AvgIpc) is 3.58. The fourth-order valence-corrected chi connectivity index (χ4v) is 5.76. The summed E-state index contributed by atoms with van der Waals surface area (Å²) in [6.07, 6.45) is 6.86. The number of nitrogens with two attached hydrogens (primary N) is 1. The lowest BCUT2D eigenvalue weighted by atomic mass is 9.96. The molecule has 0 spiro atoms. The van der Waals surface area contributed by atoms with Gasteiger partial charge in [-0.3, -0.25) is 19.6 Å². The van der Waals surface area contributed by atoms with Crippen molar-refractivity contribution in [3.8, 4) is 33.6 Å². The van der Waals surface area contributed by atoms with Gasteiger partial charge in [0.1, 0.15) is 5.82 Å². The van der Waals surface area contributed by atoms with Gasteiger partial charge in [0.05, 0.1) is 28.8 Å². The van der Waals surface area contributed by atoms with Crippen LogP contribution in [0.2, 0.25) is 0 Å². The maximum atomic E-state index is 13.6. The van der Waals surface area contributed by atoms with Crippen molar-refractivity contribution >= 4 is 33.5 Å². The van der Waals surface area contributed by atoms with Crippen molar-refractivity contribution in [3.05, 3.63) is 85.1 Å². The zero-order valence-corrected chi connectivity index (χ0v) is 23.0. The van der Waals surface area contributed by atoms with Gasteiger partial charge in [-0.2, -0.15) is 5.10 Å². The summed E-state index contributed by atoms with van der Waals surface area (Å²) in [7, 11) is 2.08. The monoisotopic (exact) mass is 560 g/mol.